The van der Waals surface area contributed by atoms with E-state index in [2.05, 4.69) is 0 Å². The van der Waals surface area contributed by atoms with Crippen molar-refractivity contribution in [3.05, 3.63) is 29.6 Å². The largest absolute Gasteiger partial charge is 0.459 e. The Morgan fingerprint density at radius 3 is 2.50 bits per heavy atom. The molecule has 0 radical (unpaired) electrons. The molecule has 0 aromatic heterocycles. The number of nitrogens with two attached hydrogens (primary N) is 1. The fourth-order valence-corrected chi connectivity index (χ4v) is 1.12. The second-order valence-electron chi connectivity index (χ2n) is 4.06. The fourth-order valence-electron chi connectivity index (χ4n) is 1.12. The average Bonchev–Trinajstić information content (AvgIpc) is 2.16. The van der Waals surface area contributed by atoms with Gasteiger partial charge in [-0.3, -0.25) is 0 Å². The second-order valence-corrected chi connectivity index (χ2v) is 4.06. The maximum absolute atomic E-state index is 13.4. The van der Waals surface area contributed by atoms with Crippen molar-refractivity contribution in [2.24, 2.45) is 5.92 Å². The highest BCUT2D eigenvalue weighted by atomic mass is 19.1. The normalized spacial score (nSPS) is 12.6. The number of rotatable bonds is 3. The van der Waals surface area contributed by atoms with Gasteiger partial charge < -0.3 is 10.5 Å². The number of esters is 1. The second kappa shape index (κ2) is 4.96. The van der Waals surface area contributed by atoms with E-state index in [1.54, 1.807) is 6.92 Å². The van der Waals surface area contributed by atoms with Crippen molar-refractivity contribution in [1.82, 2.24) is 0 Å². The van der Waals surface area contributed by atoms with Crippen LogP contribution in [0.4, 0.5) is 10.1 Å². The number of halogens is 1. The van der Waals surface area contributed by atoms with Crippen LogP contribution in [-0.4, -0.2) is 12.1 Å². The van der Waals surface area contributed by atoms with Crippen LogP contribution in [0.25, 0.3) is 0 Å². The molecule has 0 heterocycles. The van der Waals surface area contributed by atoms with Crippen LogP contribution in [-0.2, 0) is 4.74 Å². The van der Waals surface area contributed by atoms with Gasteiger partial charge in [0, 0.05) is 5.69 Å². The Labute approximate surface area is 94.4 Å². The molecule has 0 bridgehead atoms. The van der Waals surface area contributed by atoms with Gasteiger partial charge in [-0.25, -0.2) is 9.18 Å². The van der Waals surface area contributed by atoms with Gasteiger partial charge in [0.15, 0.2) is 0 Å². The minimum Gasteiger partial charge on any atom is -0.459 e. The molecule has 0 amide bonds. The summed E-state index contributed by atoms with van der Waals surface area (Å²) >= 11 is 0. The van der Waals surface area contributed by atoms with E-state index in [0.29, 0.717) is 0 Å². The lowest BCUT2D eigenvalue weighted by Crippen LogP contribution is -2.21. The Morgan fingerprint density at radius 1 is 1.38 bits per heavy atom. The van der Waals surface area contributed by atoms with E-state index in [1.807, 2.05) is 13.8 Å². The van der Waals surface area contributed by atoms with E-state index >= 15 is 0 Å². The van der Waals surface area contributed by atoms with Gasteiger partial charge in [-0.2, -0.15) is 0 Å². The zero-order valence-electron chi connectivity index (χ0n) is 9.66. The van der Waals surface area contributed by atoms with Crippen LogP contribution in [0.2, 0.25) is 0 Å². The van der Waals surface area contributed by atoms with Crippen molar-refractivity contribution in [3.8, 4) is 0 Å². The number of benzene rings is 1. The Hall–Kier alpha value is -1.58. The first-order valence-electron chi connectivity index (χ1n) is 5.18. The molecule has 2 N–H and O–H groups in total. The molecule has 0 saturated heterocycles. The van der Waals surface area contributed by atoms with Crippen LogP contribution in [0.3, 0.4) is 0 Å². The molecule has 0 fully saturated rings. The summed E-state index contributed by atoms with van der Waals surface area (Å²) in [7, 11) is 0. The van der Waals surface area contributed by atoms with Gasteiger partial charge in [0.25, 0.3) is 0 Å². The first kappa shape index (κ1) is 12.5. The van der Waals surface area contributed by atoms with Gasteiger partial charge in [-0.15, -0.1) is 0 Å². The smallest absolute Gasteiger partial charge is 0.343 e. The molecule has 88 valence electrons. The summed E-state index contributed by atoms with van der Waals surface area (Å²) in [4.78, 5) is 11.7. The molecule has 1 unspecified atom stereocenters. The molecule has 0 aliphatic heterocycles. The number of carbonyl (C=O) groups is 1. The fraction of sp³-hybridized carbons (Fsp3) is 0.417. The van der Waals surface area contributed by atoms with Crippen LogP contribution < -0.4 is 5.73 Å². The molecule has 0 spiro atoms. The Balaban J connectivity index is 2.89. The average molecular weight is 225 g/mol. The standard InChI is InChI=1S/C12H16FNO2/c1-7(2)8(3)16-12(15)11-9(13)5-4-6-10(11)14/h4-8H,14H2,1-3H3. The first-order chi connectivity index (χ1) is 7.43. The van der Waals surface area contributed by atoms with E-state index in [0.717, 1.165) is 0 Å². The van der Waals surface area contributed by atoms with Gasteiger partial charge in [-0.1, -0.05) is 19.9 Å². The van der Waals surface area contributed by atoms with Crippen molar-refractivity contribution >= 4 is 11.7 Å². The Bertz CT molecular complexity index is 370. The number of nitrogen functional groups attached to an aromatic ring is 1. The lowest BCUT2D eigenvalue weighted by molar-refractivity contribution is 0.0234. The molecule has 1 aromatic rings. The predicted molar refractivity (Wildman–Crippen MR) is 60.5 cm³/mol. The third kappa shape index (κ3) is 2.72. The van der Waals surface area contributed by atoms with Gasteiger partial charge in [0.1, 0.15) is 17.5 Å². The third-order valence-electron chi connectivity index (χ3n) is 2.48. The van der Waals surface area contributed by atoms with E-state index in [1.165, 1.54) is 18.2 Å². The van der Waals surface area contributed by atoms with Crippen LogP contribution in [0.15, 0.2) is 18.2 Å². The number of carbonyl (C=O) groups excluding carboxylic acids is 1. The molecule has 3 nitrogen and oxygen atoms in total. The van der Waals surface area contributed by atoms with E-state index < -0.39 is 11.8 Å². The number of ether oxygens (including phenoxy) is 1. The van der Waals surface area contributed by atoms with Crippen molar-refractivity contribution in [2.75, 3.05) is 5.73 Å². The molecule has 1 aromatic carbocycles. The topological polar surface area (TPSA) is 52.3 Å². The summed E-state index contributed by atoms with van der Waals surface area (Å²) in [6.45, 7) is 5.60. The van der Waals surface area contributed by atoms with Crippen LogP contribution in [0.5, 0.6) is 0 Å². The molecule has 0 aliphatic carbocycles. The van der Waals surface area contributed by atoms with Gasteiger partial charge >= 0.3 is 5.97 Å². The summed E-state index contributed by atoms with van der Waals surface area (Å²) in [6.07, 6.45) is -0.272. The monoisotopic (exact) mass is 225 g/mol. The number of anilines is 1. The van der Waals surface area contributed by atoms with E-state index in [4.69, 9.17) is 10.5 Å². The van der Waals surface area contributed by atoms with E-state index in [9.17, 15) is 9.18 Å². The molecular weight excluding hydrogens is 209 g/mol. The Kier molecular flexibility index (Phi) is 3.88. The molecular formula is C12H16FNO2. The number of hydrogen-bond donors (Lipinski definition) is 1. The summed E-state index contributed by atoms with van der Waals surface area (Å²) in [5.41, 5.74) is 5.45. The van der Waals surface area contributed by atoms with Crippen LogP contribution in [0.1, 0.15) is 31.1 Å². The van der Waals surface area contributed by atoms with E-state index in [-0.39, 0.29) is 23.3 Å². The van der Waals surface area contributed by atoms with Crippen molar-refractivity contribution in [3.63, 3.8) is 0 Å². The maximum atomic E-state index is 13.4. The molecule has 16 heavy (non-hydrogen) atoms. The van der Waals surface area contributed by atoms with Gasteiger partial charge in [0.05, 0.1) is 0 Å². The maximum Gasteiger partial charge on any atom is 0.343 e. The molecule has 1 atom stereocenters. The molecule has 4 heteroatoms. The van der Waals surface area contributed by atoms with Crippen molar-refractivity contribution in [2.45, 2.75) is 26.9 Å². The number of hydrogen-bond acceptors (Lipinski definition) is 3. The third-order valence-corrected chi connectivity index (χ3v) is 2.48. The highest BCUT2D eigenvalue weighted by Gasteiger charge is 2.20. The van der Waals surface area contributed by atoms with Gasteiger partial charge in [-0.05, 0) is 25.0 Å². The molecule has 0 aliphatic rings. The minimum atomic E-state index is -0.711. The highest BCUT2D eigenvalue weighted by Crippen LogP contribution is 2.18. The molecule has 0 saturated carbocycles. The zero-order chi connectivity index (χ0) is 12.3. The summed E-state index contributed by atoms with van der Waals surface area (Å²) in [5, 5.41) is 0. The summed E-state index contributed by atoms with van der Waals surface area (Å²) in [5.74, 6) is -1.19. The SMILES string of the molecule is CC(C)C(C)OC(=O)c1c(N)cccc1F. The highest BCUT2D eigenvalue weighted by molar-refractivity contribution is 5.95. The Morgan fingerprint density at radius 2 is 2.00 bits per heavy atom. The van der Waals surface area contributed by atoms with Crippen LogP contribution in [0, 0.1) is 11.7 Å². The lowest BCUT2D eigenvalue weighted by atomic mass is 10.1. The summed E-state index contributed by atoms with van der Waals surface area (Å²) in [6, 6.07) is 4.11. The minimum absolute atomic E-state index is 0.0981. The quantitative estimate of drug-likeness (QED) is 0.635. The summed E-state index contributed by atoms with van der Waals surface area (Å²) < 4.78 is 18.5. The van der Waals surface area contributed by atoms with Crippen LogP contribution >= 0.6 is 0 Å². The van der Waals surface area contributed by atoms with Crippen molar-refractivity contribution < 1.29 is 13.9 Å². The zero-order valence-corrected chi connectivity index (χ0v) is 9.66. The van der Waals surface area contributed by atoms with Crippen molar-refractivity contribution in [1.29, 1.82) is 0 Å². The molecule has 1 rings (SSSR count). The predicted octanol–water partition coefficient (Wildman–Crippen LogP) is 2.61. The first-order valence-corrected chi connectivity index (χ1v) is 5.18. The van der Waals surface area contributed by atoms with Gasteiger partial charge in [0.2, 0.25) is 0 Å². The lowest BCUT2D eigenvalue weighted by Gasteiger charge is -2.17.